The SMILES string of the molecule is C=C(c1ccc(OC(C)(C)CO)c2ccccc12)C1COC2(CCCCC2)OO1. The van der Waals surface area contributed by atoms with Gasteiger partial charge in [0.15, 0.2) is 0 Å². The Kier molecular flexibility index (Phi) is 5.67. The molecule has 2 aromatic carbocycles. The quantitative estimate of drug-likeness (QED) is 0.718. The first-order valence-electron chi connectivity index (χ1n) is 10.4. The van der Waals surface area contributed by atoms with Crippen LogP contribution in [0, 0.1) is 0 Å². The molecule has 0 bridgehead atoms. The Bertz CT molecular complexity index is 872. The van der Waals surface area contributed by atoms with Crippen LogP contribution in [0.3, 0.4) is 0 Å². The predicted octanol–water partition coefficient (Wildman–Crippen LogP) is 5.01. The zero-order valence-electron chi connectivity index (χ0n) is 17.3. The number of rotatable bonds is 5. The Balaban J connectivity index is 1.57. The zero-order valence-corrected chi connectivity index (χ0v) is 17.3. The fraction of sp³-hybridized carbons (Fsp3) is 0.500. The molecule has 156 valence electrons. The molecule has 0 radical (unpaired) electrons. The average molecular weight is 398 g/mol. The highest BCUT2D eigenvalue weighted by Crippen LogP contribution is 2.40. The molecule has 1 N–H and O–H groups in total. The molecule has 29 heavy (non-hydrogen) atoms. The van der Waals surface area contributed by atoms with E-state index < -0.39 is 11.4 Å². The molecule has 2 aromatic rings. The summed E-state index contributed by atoms with van der Waals surface area (Å²) < 4.78 is 12.2. The summed E-state index contributed by atoms with van der Waals surface area (Å²) in [6.45, 7) is 8.38. The molecule has 0 amide bonds. The highest BCUT2D eigenvalue weighted by molar-refractivity contribution is 5.97. The number of hydrogen-bond acceptors (Lipinski definition) is 5. The number of hydrogen-bond donors (Lipinski definition) is 1. The van der Waals surface area contributed by atoms with Gasteiger partial charge in [0, 0.05) is 18.2 Å². The van der Waals surface area contributed by atoms with E-state index in [1.807, 2.05) is 50.2 Å². The first kappa shape index (κ1) is 20.4. The van der Waals surface area contributed by atoms with Crippen LogP contribution in [0.25, 0.3) is 16.3 Å². The van der Waals surface area contributed by atoms with E-state index in [4.69, 9.17) is 19.2 Å². The van der Waals surface area contributed by atoms with Crippen molar-refractivity contribution >= 4 is 16.3 Å². The van der Waals surface area contributed by atoms with Crippen molar-refractivity contribution in [2.45, 2.75) is 63.4 Å². The standard InChI is InChI=1S/C24H30O5/c1-17(22-15-26-24(29-28-22)13-7-4-8-14-24)18-11-12-21(27-23(2,3)16-25)20-10-6-5-9-19(18)20/h5-6,9-12,22,25H,1,4,7-8,13-16H2,2-3H3. The van der Waals surface area contributed by atoms with Crippen molar-refractivity contribution in [3.05, 3.63) is 48.5 Å². The molecule has 1 saturated heterocycles. The van der Waals surface area contributed by atoms with Gasteiger partial charge in [-0.1, -0.05) is 43.3 Å². The van der Waals surface area contributed by atoms with Crippen LogP contribution in [0.1, 0.15) is 51.5 Å². The molecule has 0 aromatic heterocycles. The van der Waals surface area contributed by atoms with Crippen molar-refractivity contribution in [2.24, 2.45) is 0 Å². The van der Waals surface area contributed by atoms with Crippen LogP contribution in [0.5, 0.6) is 5.75 Å². The van der Waals surface area contributed by atoms with Crippen molar-refractivity contribution < 1.29 is 24.4 Å². The van der Waals surface area contributed by atoms with Gasteiger partial charge in [-0.05, 0) is 49.3 Å². The maximum atomic E-state index is 9.56. The number of fused-ring (bicyclic) bond motifs is 1. The lowest BCUT2D eigenvalue weighted by Gasteiger charge is -2.41. The summed E-state index contributed by atoms with van der Waals surface area (Å²) in [5.74, 6) is 0.152. The van der Waals surface area contributed by atoms with Gasteiger partial charge < -0.3 is 14.6 Å². The summed E-state index contributed by atoms with van der Waals surface area (Å²) in [4.78, 5) is 11.5. The fourth-order valence-electron chi connectivity index (χ4n) is 4.05. The Morgan fingerprint density at radius 2 is 1.86 bits per heavy atom. The third-order valence-electron chi connectivity index (χ3n) is 5.81. The molecular formula is C24H30O5. The first-order valence-corrected chi connectivity index (χ1v) is 10.4. The summed E-state index contributed by atoms with van der Waals surface area (Å²) in [6.07, 6.45) is 4.82. The monoisotopic (exact) mass is 398 g/mol. The Labute approximate surface area is 172 Å². The number of aliphatic hydroxyl groups excluding tert-OH is 1. The number of aliphatic hydroxyl groups is 1. The second kappa shape index (κ2) is 8.07. The van der Waals surface area contributed by atoms with Gasteiger partial charge in [0.25, 0.3) is 0 Å². The topological polar surface area (TPSA) is 57.2 Å². The van der Waals surface area contributed by atoms with Crippen molar-refractivity contribution in [1.82, 2.24) is 0 Å². The van der Waals surface area contributed by atoms with E-state index in [1.54, 1.807) is 0 Å². The predicted molar refractivity (Wildman–Crippen MR) is 113 cm³/mol. The minimum atomic E-state index is -0.663. The van der Waals surface area contributed by atoms with E-state index in [0.717, 1.165) is 53.3 Å². The van der Waals surface area contributed by atoms with Crippen molar-refractivity contribution in [2.75, 3.05) is 13.2 Å². The van der Waals surface area contributed by atoms with Crippen LogP contribution in [0.15, 0.2) is 43.0 Å². The van der Waals surface area contributed by atoms with E-state index >= 15 is 0 Å². The van der Waals surface area contributed by atoms with Crippen LogP contribution in [0.2, 0.25) is 0 Å². The second-order valence-corrected chi connectivity index (χ2v) is 8.65. The van der Waals surface area contributed by atoms with Crippen molar-refractivity contribution in [3.8, 4) is 5.75 Å². The van der Waals surface area contributed by atoms with Gasteiger partial charge in [0.05, 0.1) is 13.2 Å². The van der Waals surface area contributed by atoms with E-state index in [1.165, 1.54) is 6.42 Å². The minimum absolute atomic E-state index is 0.0673. The molecule has 1 atom stereocenters. The van der Waals surface area contributed by atoms with Crippen LogP contribution >= 0.6 is 0 Å². The minimum Gasteiger partial charge on any atom is -0.485 e. The highest BCUT2D eigenvalue weighted by Gasteiger charge is 2.41. The smallest absolute Gasteiger partial charge is 0.201 e. The van der Waals surface area contributed by atoms with Gasteiger partial charge in [-0.3, -0.25) is 0 Å². The zero-order chi connectivity index (χ0) is 20.5. The van der Waals surface area contributed by atoms with Gasteiger partial charge in [-0.15, -0.1) is 0 Å². The summed E-state index contributed by atoms with van der Waals surface area (Å²) in [6, 6.07) is 11.9. The molecule has 1 heterocycles. The molecule has 1 saturated carbocycles. The molecule has 2 fully saturated rings. The third-order valence-corrected chi connectivity index (χ3v) is 5.81. The van der Waals surface area contributed by atoms with Crippen molar-refractivity contribution in [3.63, 3.8) is 0 Å². The maximum Gasteiger partial charge on any atom is 0.201 e. The van der Waals surface area contributed by atoms with E-state index in [0.29, 0.717) is 6.61 Å². The van der Waals surface area contributed by atoms with Gasteiger partial charge >= 0.3 is 0 Å². The normalized spacial score (nSPS) is 22.0. The number of ether oxygens (including phenoxy) is 2. The van der Waals surface area contributed by atoms with E-state index in [9.17, 15) is 5.11 Å². The average Bonchev–Trinajstić information content (AvgIpc) is 2.74. The van der Waals surface area contributed by atoms with E-state index in [-0.39, 0.29) is 12.7 Å². The van der Waals surface area contributed by atoms with Crippen LogP contribution in [-0.4, -0.2) is 35.8 Å². The first-order chi connectivity index (χ1) is 13.9. The van der Waals surface area contributed by atoms with Gasteiger partial charge in [-0.25, -0.2) is 9.78 Å². The molecule has 1 aliphatic carbocycles. The fourth-order valence-corrected chi connectivity index (χ4v) is 4.05. The van der Waals surface area contributed by atoms with Crippen LogP contribution < -0.4 is 4.74 Å². The summed E-state index contributed by atoms with van der Waals surface area (Å²) in [5.41, 5.74) is 1.13. The van der Waals surface area contributed by atoms with Gasteiger partial charge in [0.1, 0.15) is 17.5 Å². The lowest BCUT2D eigenvalue weighted by molar-refractivity contribution is -0.483. The summed E-state index contributed by atoms with van der Waals surface area (Å²) in [7, 11) is 0. The largest absolute Gasteiger partial charge is 0.485 e. The second-order valence-electron chi connectivity index (χ2n) is 8.65. The summed E-state index contributed by atoms with van der Waals surface area (Å²) >= 11 is 0. The number of benzene rings is 2. The van der Waals surface area contributed by atoms with Gasteiger partial charge in [-0.2, -0.15) is 0 Å². The molecule has 4 rings (SSSR count). The highest BCUT2D eigenvalue weighted by atomic mass is 17.2. The maximum absolute atomic E-state index is 9.56. The lowest BCUT2D eigenvalue weighted by atomic mass is 9.93. The lowest BCUT2D eigenvalue weighted by Crippen LogP contribution is -2.46. The molecule has 5 heteroatoms. The van der Waals surface area contributed by atoms with E-state index in [2.05, 4.69) is 6.58 Å². The van der Waals surface area contributed by atoms with Crippen LogP contribution in [-0.2, 0) is 14.5 Å². The third kappa shape index (κ3) is 4.19. The Morgan fingerprint density at radius 3 is 2.52 bits per heavy atom. The molecular weight excluding hydrogens is 368 g/mol. The molecule has 5 nitrogen and oxygen atoms in total. The van der Waals surface area contributed by atoms with Crippen LogP contribution in [0.4, 0.5) is 0 Å². The molecule has 1 aliphatic heterocycles. The Hall–Kier alpha value is -1.92. The molecule has 1 spiro atoms. The van der Waals surface area contributed by atoms with Crippen molar-refractivity contribution in [1.29, 1.82) is 0 Å². The Morgan fingerprint density at radius 1 is 1.14 bits per heavy atom. The summed E-state index contributed by atoms with van der Waals surface area (Å²) in [5, 5.41) is 11.5. The van der Waals surface area contributed by atoms with Gasteiger partial charge in [0.2, 0.25) is 5.79 Å². The molecule has 2 aliphatic rings. The molecule has 1 unspecified atom stereocenters.